The van der Waals surface area contributed by atoms with Crippen molar-refractivity contribution in [1.29, 1.82) is 0 Å². The van der Waals surface area contributed by atoms with Crippen LogP contribution in [0.15, 0.2) is 48.5 Å². The van der Waals surface area contributed by atoms with Crippen molar-refractivity contribution < 1.29 is 9.53 Å². The molecule has 0 aromatic heterocycles. The quantitative estimate of drug-likeness (QED) is 0.890. The molecule has 1 aliphatic heterocycles. The SMILES string of the molecule is CC(C)Oc1cccc(C(=O)Nc2ccccc2N2CCCC2)c1. The summed E-state index contributed by atoms with van der Waals surface area (Å²) in [6.45, 7) is 6.03. The van der Waals surface area contributed by atoms with Gasteiger partial charge in [0.2, 0.25) is 0 Å². The third-order valence-electron chi connectivity index (χ3n) is 4.07. The summed E-state index contributed by atoms with van der Waals surface area (Å²) in [6.07, 6.45) is 2.49. The Kier molecular flexibility index (Phi) is 5.04. The largest absolute Gasteiger partial charge is 0.491 e. The van der Waals surface area contributed by atoms with Crippen LogP contribution < -0.4 is 15.0 Å². The topological polar surface area (TPSA) is 41.6 Å². The normalized spacial score (nSPS) is 14.0. The van der Waals surface area contributed by atoms with Crippen LogP contribution in [0.1, 0.15) is 37.0 Å². The molecule has 0 aliphatic carbocycles. The van der Waals surface area contributed by atoms with Crippen molar-refractivity contribution in [3.63, 3.8) is 0 Å². The average Bonchev–Trinajstić information content (AvgIpc) is 3.09. The molecular weight excluding hydrogens is 300 g/mol. The summed E-state index contributed by atoms with van der Waals surface area (Å²) in [6, 6.07) is 15.3. The Morgan fingerprint density at radius 1 is 1.08 bits per heavy atom. The summed E-state index contributed by atoms with van der Waals surface area (Å²) < 4.78 is 5.67. The van der Waals surface area contributed by atoms with Gasteiger partial charge in [0.1, 0.15) is 5.75 Å². The Bertz CT molecular complexity index is 706. The molecule has 1 saturated heterocycles. The molecule has 2 aromatic rings. The van der Waals surface area contributed by atoms with Gasteiger partial charge in [-0.25, -0.2) is 0 Å². The van der Waals surface area contributed by atoms with E-state index in [2.05, 4.69) is 16.3 Å². The molecule has 1 heterocycles. The number of ether oxygens (including phenoxy) is 1. The van der Waals surface area contributed by atoms with Crippen LogP contribution in [0.25, 0.3) is 0 Å². The highest BCUT2D eigenvalue weighted by Gasteiger charge is 2.17. The summed E-state index contributed by atoms with van der Waals surface area (Å²) >= 11 is 0. The van der Waals surface area contributed by atoms with Gasteiger partial charge in [0.25, 0.3) is 5.91 Å². The van der Waals surface area contributed by atoms with Gasteiger partial charge in [0.05, 0.1) is 17.5 Å². The minimum atomic E-state index is -0.115. The Hall–Kier alpha value is -2.49. The lowest BCUT2D eigenvalue weighted by Crippen LogP contribution is -2.21. The second-order valence-electron chi connectivity index (χ2n) is 6.36. The van der Waals surface area contributed by atoms with E-state index in [0.717, 1.165) is 24.5 Å². The molecule has 0 spiro atoms. The van der Waals surface area contributed by atoms with Gasteiger partial charge < -0.3 is 15.0 Å². The fourth-order valence-electron chi connectivity index (χ4n) is 2.99. The van der Waals surface area contributed by atoms with Crippen LogP contribution in [0, 0.1) is 0 Å². The number of hydrogen-bond donors (Lipinski definition) is 1. The van der Waals surface area contributed by atoms with Crippen LogP contribution in [-0.4, -0.2) is 25.1 Å². The van der Waals surface area contributed by atoms with E-state index in [1.165, 1.54) is 12.8 Å². The summed E-state index contributed by atoms with van der Waals surface area (Å²) in [5, 5.41) is 3.05. The van der Waals surface area contributed by atoms with E-state index in [9.17, 15) is 4.79 Å². The molecule has 24 heavy (non-hydrogen) atoms. The average molecular weight is 324 g/mol. The van der Waals surface area contributed by atoms with Crippen molar-refractivity contribution in [1.82, 2.24) is 0 Å². The van der Waals surface area contributed by atoms with Crippen molar-refractivity contribution in [2.45, 2.75) is 32.8 Å². The zero-order valence-corrected chi connectivity index (χ0v) is 14.3. The molecule has 0 unspecified atom stereocenters. The summed E-state index contributed by atoms with van der Waals surface area (Å²) in [4.78, 5) is 15.0. The predicted octanol–water partition coefficient (Wildman–Crippen LogP) is 4.33. The van der Waals surface area contributed by atoms with Gasteiger partial charge in [-0.05, 0) is 57.0 Å². The third-order valence-corrected chi connectivity index (χ3v) is 4.07. The number of benzene rings is 2. The molecule has 4 heteroatoms. The smallest absolute Gasteiger partial charge is 0.255 e. The van der Waals surface area contributed by atoms with Gasteiger partial charge in [-0.15, -0.1) is 0 Å². The van der Waals surface area contributed by atoms with Crippen LogP contribution in [0.2, 0.25) is 0 Å². The van der Waals surface area contributed by atoms with E-state index in [0.29, 0.717) is 11.3 Å². The number of nitrogens with zero attached hydrogens (tertiary/aromatic N) is 1. The maximum Gasteiger partial charge on any atom is 0.255 e. The molecule has 1 aliphatic rings. The molecule has 1 fully saturated rings. The molecule has 4 nitrogen and oxygen atoms in total. The predicted molar refractivity (Wildman–Crippen MR) is 98.0 cm³/mol. The number of nitrogens with one attached hydrogen (secondary N) is 1. The third kappa shape index (κ3) is 3.88. The lowest BCUT2D eigenvalue weighted by atomic mass is 10.2. The first kappa shape index (κ1) is 16.4. The van der Waals surface area contributed by atoms with E-state index in [4.69, 9.17) is 4.74 Å². The van der Waals surface area contributed by atoms with Crippen LogP contribution in [0.4, 0.5) is 11.4 Å². The molecule has 3 rings (SSSR count). The number of carbonyl (C=O) groups excluding carboxylic acids is 1. The van der Waals surface area contributed by atoms with E-state index in [-0.39, 0.29) is 12.0 Å². The molecule has 0 atom stereocenters. The standard InChI is InChI=1S/C20H24N2O2/c1-15(2)24-17-9-7-8-16(14-17)20(23)21-18-10-3-4-11-19(18)22-12-5-6-13-22/h3-4,7-11,14-15H,5-6,12-13H2,1-2H3,(H,21,23). The molecular formula is C20H24N2O2. The number of hydrogen-bond acceptors (Lipinski definition) is 3. The number of anilines is 2. The minimum Gasteiger partial charge on any atom is -0.491 e. The van der Waals surface area contributed by atoms with Crippen molar-refractivity contribution in [3.8, 4) is 5.75 Å². The molecule has 1 amide bonds. The highest BCUT2D eigenvalue weighted by atomic mass is 16.5. The molecule has 0 radical (unpaired) electrons. The monoisotopic (exact) mass is 324 g/mol. The fraction of sp³-hybridized carbons (Fsp3) is 0.350. The summed E-state index contributed by atoms with van der Waals surface area (Å²) in [5.41, 5.74) is 2.56. The maximum absolute atomic E-state index is 12.6. The Morgan fingerprint density at radius 3 is 2.58 bits per heavy atom. The van der Waals surface area contributed by atoms with E-state index < -0.39 is 0 Å². The van der Waals surface area contributed by atoms with Gasteiger partial charge in [-0.1, -0.05) is 18.2 Å². The van der Waals surface area contributed by atoms with Gasteiger partial charge in [-0.2, -0.15) is 0 Å². The van der Waals surface area contributed by atoms with Crippen LogP contribution in [0.5, 0.6) is 5.75 Å². The van der Waals surface area contributed by atoms with Gasteiger partial charge in [-0.3, -0.25) is 4.79 Å². The van der Waals surface area contributed by atoms with Crippen LogP contribution in [-0.2, 0) is 0 Å². The molecule has 2 aromatic carbocycles. The van der Waals surface area contributed by atoms with Crippen LogP contribution in [0.3, 0.4) is 0 Å². The molecule has 126 valence electrons. The zero-order valence-electron chi connectivity index (χ0n) is 14.3. The molecule has 0 bridgehead atoms. The first-order valence-electron chi connectivity index (χ1n) is 8.55. The number of amides is 1. The number of carbonyl (C=O) groups is 1. The Morgan fingerprint density at radius 2 is 1.83 bits per heavy atom. The second kappa shape index (κ2) is 7.39. The first-order valence-corrected chi connectivity index (χ1v) is 8.55. The second-order valence-corrected chi connectivity index (χ2v) is 6.36. The van der Waals surface area contributed by atoms with Crippen molar-refractivity contribution in [2.24, 2.45) is 0 Å². The van der Waals surface area contributed by atoms with E-state index in [1.807, 2.05) is 44.2 Å². The fourth-order valence-corrected chi connectivity index (χ4v) is 2.99. The Labute approximate surface area is 143 Å². The van der Waals surface area contributed by atoms with E-state index >= 15 is 0 Å². The highest BCUT2D eigenvalue weighted by Crippen LogP contribution is 2.29. The Balaban J connectivity index is 1.78. The van der Waals surface area contributed by atoms with Crippen molar-refractivity contribution in [2.75, 3.05) is 23.3 Å². The molecule has 0 saturated carbocycles. The minimum absolute atomic E-state index is 0.0826. The van der Waals surface area contributed by atoms with Crippen molar-refractivity contribution in [3.05, 3.63) is 54.1 Å². The lowest BCUT2D eigenvalue weighted by molar-refractivity contribution is 0.102. The van der Waals surface area contributed by atoms with Crippen molar-refractivity contribution >= 4 is 17.3 Å². The maximum atomic E-state index is 12.6. The first-order chi connectivity index (χ1) is 11.6. The number of para-hydroxylation sites is 2. The van der Waals surface area contributed by atoms with Gasteiger partial charge in [0.15, 0.2) is 0 Å². The zero-order chi connectivity index (χ0) is 16.9. The lowest BCUT2D eigenvalue weighted by Gasteiger charge is -2.21. The van der Waals surface area contributed by atoms with E-state index in [1.54, 1.807) is 12.1 Å². The van der Waals surface area contributed by atoms with Gasteiger partial charge >= 0.3 is 0 Å². The summed E-state index contributed by atoms with van der Waals surface area (Å²) in [7, 11) is 0. The number of rotatable bonds is 5. The molecule has 1 N–H and O–H groups in total. The highest BCUT2D eigenvalue weighted by molar-refractivity contribution is 6.06. The van der Waals surface area contributed by atoms with Gasteiger partial charge in [0, 0.05) is 18.7 Å². The summed E-state index contributed by atoms with van der Waals surface area (Å²) in [5.74, 6) is 0.598. The van der Waals surface area contributed by atoms with Crippen LogP contribution >= 0.6 is 0 Å².